The fourth-order valence-corrected chi connectivity index (χ4v) is 5.22. The predicted octanol–water partition coefficient (Wildman–Crippen LogP) is 5.13. The van der Waals surface area contributed by atoms with E-state index in [1.807, 2.05) is 26.8 Å². The third kappa shape index (κ3) is 5.93. The first-order chi connectivity index (χ1) is 17.7. The van der Waals surface area contributed by atoms with Crippen molar-refractivity contribution in [2.45, 2.75) is 64.1 Å². The van der Waals surface area contributed by atoms with Gasteiger partial charge < -0.3 is 20.7 Å². The molecule has 0 aliphatic heterocycles. The van der Waals surface area contributed by atoms with Crippen LogP contribution in [0.1, 0.15) is 56.8 Å². The van der Waals surface area contributed by atoms with Crippen LogP contribution >= 0.6 is 11.3 Å². The van der Waals surface area contributed by atoms with Crippen molar-refractivity contribution in [2.24, 2.45) is 0 Å². The lowest BCUT2D eigenvalue weighted by molar-refractivity contribution is 0.0488. The Bertz CT molecular complexity index is 1450. The highest BCUT2D eigenvalue weighted by Gasteiger charge is 2.29. The van der Waals surface area contributed by atoms with E-state index < -0.39 is 11.7 Å². The van der Waals surface area contributed by atoms with E-state index in [0.717, 1.165) is 41.3 Å². The molecule has 37 heavy (non-hydrogen) atoms. The van der Waals surface area contributed by atoms with Gasteiger partial charge in [-0.25, -0.2) is 19.7 Å². The van der Waals surface area contributed by atoms with Crippen molar-refractivity contribution in [3.05, 3.63) is 47.7 Å². The molecule has 0 aromatic carbocycles. The van der Waals surface area contributed by atoms with Crippen molar-refractivity contribution in [2.75, 3.05) is 10.6 Å². The standard InChI is InChI=1S/C26H29N7O3S/c1-26(2,3)36-25(35)31-19-7-5-4-6-18(19)30-24-28-13-20-22(33-24)16(14-37-20)23(34)32-21-9-8-15-12-27-11-10-17(15)29-21/h8-14,18-19H,4-7H2,1-3H3,(H,31,35)(H,28,30,33)(H,29,32,34)/t18-,19+/m1/s1. The van der Waals surface area contributed by atoms with Crippen molar-refractivity contribution >= 4 is 56.2 Å². The van der Waals surface area contributed by atoms with Crippen LogP contribution in [0, 0.1) is 0 Å². The summed E-state index contributed by atoms with van der Waals surface area (Å²) in [6, 6.07) is 5.26. The van der Waals surface area contributed by atoms with Crippen LogP contribution in [0.2, 0.25) is 0 Å². The van der Waals surface area contributed by atoms with Crippen molar-refractivity contribution in [3.8, 4) is 0 Å². The molecule has 0 spiro atoms. The third-order valence-corrected chi connectivity index (χ3v) is 6.98. The Morgan fingerprint density at radius 3 is 2.68 bits per heavy atom. The fourth-order valence-electron chi connectivity index (χ4n) is 4.38. The van der Waals surface area contributed by atoms with Crippen LogP contribution in [-0.4, -0.2) is 49.6 Å². The van der Waals surface area contributed by atoms with Crippen LogP contribution in [0.4, 0.5) is 16.6 Å². The molecule has 10 nitrogen and oxygen atoms in total. The number of carbonyl (C=O) groups is 2. The molecule has 3 N–H and O–H groups in total. The third-order valence-electron chi connectivity index (χ3n) is 6.07. The number of fused-ring (bicyclic) bond motifs is 2. The first-order valence-corrected chi connectivity index (χ1v) is 13.2. The van der Waals surface area contributed by atoms with E-state index in [-0.39, 0.29) is 18.0 Å². The zero-order chi connectivity index (χ0) is 26.0. The lowest BCUT2D eigenvalue weighted by Crippen LogP contribution is -2.50. The first kappa shape index (κ1) is 24.8. The van der Waals surface area contributed by atoms with Crippen LogP contribution < -0.4 is 16.0 Å². The Morgan fingerprint density at radius 1 is 1.05 bits per heavy atom. The van der Waals surface area contributed by atoms with Crippen molar-refractivity contribution in [1.29, 1.82) is 0 Å². The number of anilines is 2. The summed E-state index contributed by atoms with van der Waals surface area (Å²) in [4.78, 5) is 43.2. The number of nitrogens with zero attached hydrogens (tertiary/aromatic N) is 4. The minimum Gasteiger partial charge on any atom is -0.444 e. The van der Waals surface area contributed by atoms with Gasteiger partial charge in [0, 0.05) is 29.2 Å². The number of ether oxygens (including phenoxy) is 1. The van der Waals surface area contributed by atoms with Crippen LogP contribution in [0.25, 0.3) is 21.1 Å². The first-order valence-electron chi connectivity index (χ1n) is 12.3. The zero-order valence-electron chi connectivity index (χ0n) is 20.9. The van der Waals surface area contributed by atoms with Gasteiger partial charge in [-0.15, -0.1) is 11.3 Å². The number of amides is 2. The summed E-state index contributed by atoms with van der Waals surface area (Å²) in [6.45, 7) is 5.52. The molecule has 11 heteroatoms. The number of pyridine rings is 2. The van der Waals surface area contributed by atoms with Gasteiger partial charge in [-0.05, 0) is 51.8 Å². The summed E-state index contributed by atoms with van der Waals surface area (Å²) in [5, 5.41) is 11.9. The summed E-state index contributed by atoms with van der Waals surface area (Å²) >= 11 is 1.41. The summed E-state index contributed by atoms with van der Waals surface area (Å²) in [6.07, 6.45) is 8.43. The number of carbonyl (C=O) groups excluding carboxylic acids is 2. The average molecular weight is 520 g/mol. The van der Waals surface area contributed by atoms with Gasteiger partial charge in [0.25, 0.3) is 5.91 Å². The Kier molecular flexibility index (Phi) is 6.88. The molecule has 0 radical (unpaired) electrons. The van der Waals surface area contributed by atoms with Gasteiger partial charge in [0.05, 0.1) is 33.5 Å². The highest BCUT2D eigenvalue weighted by molar-refractivity contribution is 7.17. The van der Waals surface area contributed by atoms with Crippen LogP contribution in [-0.2, 0) is 4.74 Å². The molecule has 1 fully saturated rings. The topological polar surface area (TPSA) is 131 Å². The molecule has 1 aliphatic carbocycles. The maximum absolute atomic E-state index is 13.1. The number of aromatic nitrogens is 4. The molecule has 2 amide bonds. The lowest BCUT2D eigenvalue weighted by atomic mass is 9.90. The second-order valence-electron chi connectivity index (χ2n) is 10.1. The molecule has 4 aromatic rings. The van der Waals surface area contributed by atoms with Crippen molar-refractivity contribution in [3.63, 3.8) is 0 Å². The molecule has 1 aliphatic rings. The van der Waals surface area contributed by atoms with Gasteiger partial charge in [0.1, 0.15) is 11.4 Å². The minimum atomic E-state index is -0.564. The molecule has 0 saturated heterocycles. The second kappa shape index (κ2) is 10.3. The van der Waals surface area contributed by atoms with E-state index in [0.29, 0.717) is 22.8 Å². The maximum atomic E-state index is 13.1. The average Bonchev–Trinajstić information content (AvgIpc) is 3.27. The summed E-state index contributed by atoms with van der Waals surface area (Å²) < 4.78 is 6.25. The summed E-state index contributed by atoms with van der Waals surface area (Å²) in [7, 11) is 0. The fraction of sp³-hybridized carbons (Fsp3) is 0.385. The number of nitrogens with one attached hydrogen (secondary N) is 3. The van der Waals surface area contributed by atoms with Gasteiger partial charge in [0.2, 0.25) is 5.95 Å². The molecule has 4 heterocycles. The van der Waals surface area contributed by atoms with E-state index >= 15 is 0 Å². The van der Waals surface area contributed by atoms with E-state index in [4.69, 9.17) is 4.74 Å². The van der Waals surface area contributed by atoms with E-state index in [2.05, 4.69) is 35.9 Å². The number of hydrogen-bond acceptors (Lipinski definition) is 9. The molecule has 1 saturated carbocycles. The molecule has 0 unspecified atom stereocenters. The summed E-state index contributed by atoms with van der Waals surface area (Å²) in [5.74, 6) is 0.576. The molecule has 5 rings (SSSR count). The van der Waals surface area contributed by atoms with E-state index in [1.54, 1.807) is 36.1 Å². The van der Waals surface area contributed by atoms with E-state index in [1.165, 1.54) is 11.3 Å². The smallest absolute Gasteiger partial charge is 0.407 e. The Balaban J connectivity index is 1.32. The van der Waals surface area contributed by atoms with Crippen molar-refractivity contribution in [1.82, 2.24) is 25.3 Å². The monoisotopic (exact) mass is 519 g/mol. The lowest BCUT2D eigenvalue weighted by Gasteiger charge is -2.33. The Labute approximate surface area is 218 Å². The maximum Gasteiger partial charge on any atom is 0.407 e. The van der Waals surface area contributed by atoms with Gasteiger partial charge in [-0.2, -0.15) is 0 Å². The molecular formula is C26H29N7O3S. The minimum absolute atomic E-state index is 0.0501. The van der Waals surface area contributed by atoms with Gasteiger partial charge in [-0.1, -0.05) is 12.8 Å². The molecule has 0 bridgehead atoms. The van der Waals surface area contributed by atoms with Gasteiger partial charge in [-0.3, -0.25) is 9.78 Å². The summed E-state index contributed by atoms with van der Waals surface area (Å²) in [5.41, 5.74) is 1.20. The molecule has 4 aromatic heterocycles. The number of hydrogen-bond donors (Lipinski definition) is 3. The highest BCUT2D eigenvalue weighted by Crippen LogP contribution is 2.27. The van der Waals surface area contributed by atoms with Crippen LogP contribution in [0.3, 0.4) is 0 Å². The van der Waals surface area contributed by atoms with Gasteiger partial charge >= 0.3 is 6.09 Å². The molecular weight excluding hydrogens is 490 g/mol. The number of rotatable bonds is 5. The number of alkyl carbamates (subject to hydrolysis) is 1. The predicted molar refractivity (Wildman–Crippen MR) is 144 cm³/mol. The number of thiophene rings is 1. The van der Waals surface area contributed by atoms with Crippen LogP contribution in [0.5, 0.6) is 0 Å². The Hall–Kier alpha value is -3.86. The van der Waals surface area contributed by atoms with Crippen molar-refractivity contribution < 1.29 is 14.3 Å². The van der Waals surface area contributed by atoms with Crippen LogP contribution in [0.15, 0.2) is 42.2 Å². The SMILES string of the molecule is CC(C)(C)OC(=O)N[C@H]1CCCC[C@H]1Nc1ncc2scc(C(=O)Nc3ccc4cnccc4n3)c2n1. The zero-order valence-corrected chi connectivity index (χ0v) is 21.8. The largest absolute Gasteiger partial charge is 0.444 e. The quantitative estimate of drug-likeness (QED) is 0.331. The van der Waals surface area contributed by atoms with E-state index in [9.17, 15) is 9.59 Å². The Morgan fingerprint density at radius 2 is 1.86 bits per heavy atom. The van der Waals surface area contributed by atoms with Gasteiger partial charge in [0.15, 0.2) is 0 Å². The molecule has 2 atom stereocenters. The second-order valence-corrected chi connectivity index (χ2v) is 11.0. The normalized spacial score (nSPS) is 17.9. The highest BCUT2D eigenvalue weighted by atomic mass is 32.1. The molecule has 192 valence electrons.